The molecule has 3 nitrogen and oxygen atoms in total. The molecule has 1 heterocycles. The predicted octanol–water partition coefficient (Wildman–Crippen LogP) is 4.44. The van der Waals surface area contributed by atoms with Gasteiger partial charge in [0.15, 0.2) is 0 Å². The maximum absolute atomic E-state index is 9.16. The number of fused-ring (bicyclic) bond motifs is 1. The molecule has 0 amide bonds. The van der Waals surface area contributed by atoms with E-state index in [1.807, 2.05) is 18.2 Å². The van der Waals surface area contributed by atoms with Crippen molar-refractivity contribution in [2.45, 2.75) is 45.1 Å². The van der Waals surface area contributed by atoms with Crippen LogP contribution in [0, 0.1) is 17.2 Å². The largest absolute Gasteiger partial charge is 0.325 e. The topological polar surface area (TPSA) is 41.6 Å². The monoisotopic (exact) mass is 301 g/mol. The Hall–Kier alpha value is -1.53. The predicted molar refractivity (Wildman–Crippen MR) is 85.5 cm³/mol. The fourth-order valence-electron chi connectivity index (χ4n) is 3.52. The van der Waals surface area contributed by atoms with Gasteiger partial charge < -0.3 is 4.57 Å². The summed E-state index contributed by atoms with van der Waals surface area (Å²) in [5.74, 6) is 2.29. The van der Waals surface area contributed by atoms with Crippen molar-refractivity contribution in [1.29, 1.82) is 5.26 Å². The van der Waals surface area contributed by atoms with Crippen LogP contribution in [0.2, 0.25) is 0 Å². The van der Waals surface area contributed by atoms with Crippen LogP contribution < -0.4 is 0 Å². The number of nitrogens with zero attached hydrogens (tertiary/aromatic N) is 3. The van der Waals surface area contributed by atoms with Crippen LogP contribution in [0.3, 0.4) is 0 Å². The number of hydrogen-bond donors (Lipinski definition) is 0. The number of nitriles is 1. The zero-order chi connectivity index (χ0) is 14.8. The summed E-state index contributed by atoms with van der Waals surface area (Å²) in [6, 6.07) is 8.49. The molecule has 1 aromatic heterocycles. The van der Waals surface area contributed by atoms with Crippen LogP contribution in [0.1, 0.15) is 50.0 Å². The average Bonchev–Trinajstić information content (AvgIpc) is 2.85. The summed E-state index contributed by atoms with van der Waals surface area (Å²) in [7, 11) is 0. The standard InChI is InChI=1S/C17H20ClN3/c1-12-4-2-3-5-15(12)21-16-10-13(11-19)6-7-14(16)20-17(21)8-9-18/h6-7,10,12,15H,2-5,8-9H2,1H3. The van der Waals surface area contributed by atoms with E-state index in [2.05, 4.69) is 17.6 Å². The van der Waals surface area contributed by atoms with Crippen LogP contribution in [0.5, 0.6) is 0 Å². The van der Waals surface area contributed by atoms with Crippen molar-refractivity contribution in [3.05, 3.63) is 29.6 Å². The third-order valence-electron chi connectivity index (χ3n) is 4.61. The normalized spacial score (nSPS) is 22.3. The molecule has 0 aliphatic heterocycles. The van der Waals surface area contributed by atoms with E-state index >= 15 is 0 Å². The molecule has 1 fully saturated rings. The minimum absolute atomic E-state index is 0.482. The van der Waals surface area contributed by atoms with Crippen LogP contribution in [0.15, 0.2) is 18.2 Å². The minimum Gasteiger partial charge on any atom is -0.325 e. The Morgan fingerprint density at radius 1 is 1.38 bits per heavy atom. The lowest BCUT2D eigenvalue weighted by molar-refractivity contribution is 0.258. The first-order valence-corrected chi connectivity index (χ1v) is 8.25. The minimum atomic E-state index is 0.482. The number of halogens is 1. The summed E-state index contributed by atoms with van der Waals surface area (Å²) in [5, 5.41) is 9.16. The molecule has 0 spiro atoms. The molecule has 21 heavy (non-hydrogen) atoms. The summed E-state index contributed by atoms with van der Waals surface area (Å²) >= 11 is 5.96. The number of benzene rings is 1. The molecule has 2 aromatic rings. The summed E-state index contributed by atoms with van der Waals surface area (Å²) in [6.07, 6.45) is 5.83. The number of alkyl halides is 1. The molecule has 4 heteroatoms. The Labute approximate surface area is 130 Å². The van der Waals surface area contributed by atoms with Crippen molar-refractivity contribution in [2.75, 3.05) is 5.88 Å². The second-order valence-corrected chi connectivity index (χ2v) is 6.36. The lowest BCUT2D eigenvalue weighted by Crippen LogP contribution is -2.23. The van der Waals surface area contributed by atoms with Gasteiger partial charge in [0.2, 0.25) is 0 Å². The maximum Gasteiger partial charge on any atom is 0.111 e. The fraction of sp³-hybridized carbons (Fsp3) is 0.529. The highest BCUT2D eigenvalue weighted by molar-refractivity contribution is 6.17. The van der Waals surface area contributed by atoms with Gasteiger partial charge in [0.25, 0.3) is 0 Å². The van der Waals surface area contributed by atoms with Gasteiger partial charge in [-0.15, -0.1) is 11.6 Å². The van der Waals surface area contributed by atoms with E-state index < -0.39 is 0 Å². The maximum atomic E-state index is 9.16. The molecule has 0 saturated heterocycles. The summed E-state index contributed by atoms with van der Waals surface area (Å²) in [5.41, 5.74) is 2.77. The van der Waals surface area contributed by atoms with Gasteiger partial charge in [-0.25, -0.2) is 4.98 Å². The average molecular weight is 302 g/mol. The Morgan fingerprint density at radius 3 is 2.90 bits per heavy atom. The van der Waals surface area contributed by atoms with Crippen LogP contribution in [-0.4, -0.2) is 15.4 Å². The van der Waals surface area contributed by atoms with Crippen molar-refractivity contribution in [1.82, 2.24) is 9.55 Å². The van der Waals surface area contributed by atoms with Gasteiger partial charge in [-0.3, -0.25) is 0 Å². The molecule has 1 aliphatic rings. The summed E-state index contributed by atoms with van der Waals surface area (Å²) in [4.78, 5) is 4.76. The van der Waals surface area contributed by atoms with Crippen molar-refractivity contribution in [3.63, 3.8) is 0 Å². The van der Waals surface area contributed by atoms with Crippen molar-refractivity contribution in [2.24, 2.45) is 5.92 Å². The Kier molecular flexibility index (Phi) is 4.17. The first-order valence-electron chi connectivity index (χ1n) is 7.71. The molecule has 2 atom stereocenters. The quantitative estimate of drug-likeness (QED) is 0.786. The van der Waals surface area contributed by atoms with E-state index in [-0.39, 0.29) is 0 Å². The summed E-state index contributed by atoms with van der Waals surface area (Å²) < 4.78 is 2.36. The number of aryl methyl sites for hydroxylation is 1. The highest BCUT2D eigenvalue weighted by Crippen LogP contribution is 2.37. The number of rotatable bonds is 3. The van der Waals surface area contributed by atoms with Gasteiger partial charge >= 0.3 is 0 Å². The second-order valence-electron chi connectivity index (χ2n) is 5.98. The number of imidazole rings is 1. The third kappa shape index (κ3) is 2.65. The lowest BCUT2D eigenvalue weighted by Gasteiger charge is -2.31. The van der Waals surface area contributed by atoms with Crippen molar-refractivity contribution < 1.29 is 0 Å². The molecule has 0 radical (unpaired) electrons. The number of hydrogen-bond acceptors (Lipinski definition) is 2. The second kappa shape index (κ2) is 6.07. The first kappa shape index (κ1) is 14.4. The molecular weight excluding hydrogens is 282 g/mol. The van der Waals surface area contributed by atoms with Crippen molar-refractivity contribution in [3.8, 4) is 6.07 Å². The van der Waals surface area contributed by atoms with E-state index in [9.17, 15) is 0 Å². The highest BCUT2D eigenvalue weighted by Gasteiger charge is 2.26. The first-order chi connectivity index (χ1) is 10.2. The molecule has 0 N–H and O–H groups in total. The molecule has 2 unspecified atom stereocenters. The Morgan fingerprint density at radius 2 is 2.19 bits per heavy atom. The zero-order valence-electron chi connectivity index (χ0n) is 12.3. The van der Waals surface area contributed by atoms with Gasteiger partial charge in [-0.1, -0.05) is 19.8 Å². The van der Waals surface area contributed by atoms with Gasteiger partial charge in [0, 0.05) is 18.3 Å². The van der Waals surface area contributed by atoms with Gasteiger partial charge in [-0.05, 0) is 37.0 Å². The van der Waals surface area contributed by atoms with Crippen LogP contribution in [-0.2, 0) is 6.42 Å². The smallest absolute Gasteiger partial charge is 0.111 e. The fourth-order valence-corrected chi connectivity index (χ4v) is 3.69. The summed E-state index contributed by atoms with van der Waals surface area (Å²) in [6.45, 7) is 2.33. The lowest BCUT2D eigenvalue weighted by atomic mass is 9.85. The van der Waals surface area contributed by atoms with Gasteiger partial charge in [0.05, 0.1) is 22.7 Å². The highest BCUT2D eigenvalue weighted by atomic mass is 35.5. The molecule has 1 aliphatic carbocycles. The van der Waals surface area contributed by atoms with Crippen LogP contribution in [0.25, 0.3) is 11.0 Å². The van der Waals surface area contributed by atoms with E-state index in [0.29, 0.717) is 23.4 Å². The molecule has 1 aromatic carbocycles. The molecule has 1 saturated carbocycles. The SMILES string of the molecule is CC1CCCCC1n1c(CCCl)nc2ccc(C#N)cc21. The van der Waals surface area contributed by atoms with Gasteiger partial charge in [0.1, 0.15) is 5.82 Å². The molecular formula is C17H20ClN3. The molecule has 3 rings (SSSR count). The number of aromatic nitrogens is 2. The molecule has 110 valence electrons. The van der Waals surface area contributed by atoms with Gasteiger partial charge in [-0.2, -0.15) is 5.26 Å². The van der Waals surface area contributed by atoms with E-state index in [1.165, 1.54) is 25.7 Å². The van der Waals surface area contributed by atoms with E-state index in [4.69, 9.17) is 21.8 Å². The zero-order valence-corrected chi connectivity index (χ0v) is 13.1. The van der Waals surface area contributed by atoms with Crippen LogP contribution >= 0.6 is 11.6 Å². The third-order valence-corrected chi connectivity index (χ3v) is 4.80. The van der Waals surface area contributed by atoms with Crippen molar-refractivity contribution >= 4 is 22.6 Å². The van der Waals surface area contributed by atoms with E-state index in [1.54, 1.807) is 0 Å². The van der Waals surface area contributed by atoms with E-state index in [0.717, 1.165) is 23.3 Å². The van der Waals surface area contributed by atoms with Crippen LogP contribution in [0.4, 0.5) is 0 Å². The Balaban J connectivity index is 2.16. The molecule has 0 bridgehead atoms. The Bertz CT molecular complexity index is 683.